The second kappa shape index (κ2) is 6.34. The summed E-state index contributed by atoms with van der Waals surface area (Å²) in [5.74, 6) is 0.519. The molecule has 4 rings (SSSR count). The van der Waals surface area contributed by atoms with E-state index in [1.165, 1.54) is 41.8 Å². The monoisotopic (exact) mass is 348 g/mol. The highest BCUT2D eigenvalue weighted by atomic mass is 32.2. The van der Waals surface area contributed by atoms with Crippen LogP contribution in [0.5, 0.6) is 0 Å². The van der Waals surface area contributed by atoms with Crippen LogP contribution in [0, 0.1) is 6.92 Å². The van der Waals surface area contributed by atoms with Gasteiger partial charge in [0.05, 0.1) is 0 Å². The van der Waals surface area contributed by atoms with Crippen molar-refractivity contribution in [2.75, 3.05) is 0 Å². The Morgan fingerprint density at radius 2 is 1.42 bits per heavy atom. The van der Waals surface area contributed by atoms with Crippen molar-refractivity contribution in [3.05, 3.63) is 71.8 Å². The zero-order chi connectivity index (χ0) is 16.7. The van der Waals surface area contributed by atoms with E-state index in [2.05, 4.69) is 81.4 Å². The standard InChI is InChI=1S/C22H20S2/c1-14(2)16-12-11-15(3)13-18(16)17-7-6-10-21-22(17)24-20-9-5-4-8-19(20)23-21/h4-14H,1-3H3. The summed E-state index contributed by atoms with van der Waals surface area (Å²) in [5, 5.41) is 0. The van der Waals surface area contributed by atoms with Gasteiger partial charge in [-0.3, -0.25) is 0 Å². The second-order valence-electron chi connectivity index (χ2n) is 6.53. The quantitative estimate of drug-likeness (QED) is 0.370. The van der Waals surface area contributed by atoms with E-state index in [0.717, 1.165) is 0 Å². The van der Waals surface area contributed by atoms with Crippen molar-refractivity contribution in [3.63, 3.8) is 0 Å². The minimum atomic E-state index is 0.519. The molecule has 0 saturated carbocycles. The number of hydrogen-bond acceptors (Lipinski definition) is 2. The Hall–Kier alpha value is -1.64. The van der Waals surface area contributed by atoms with Gasteiger partial charge in [0.15, 0.2) is 0 Å². The van der Waals surface area contributed by atoms with Crippen LogP contribution in [-0.4, -0.2) is 0 Å². The predicted molar refractivity (Wildman–Crippen MR) is 105 cm³/mol. The van der Waals surface area contributed by atoms with E-state index in [4.69, 9.17) is 0 Å². The molecule has 0 spiro atoms. The van der Waals surface area contributed by atoms with Crippen molar-refractivity contribution < 1.29 is 0 Å². The van der Waals surface area contributed by atoms with Gasteiger partial charge in [0.2, 0.25) is 0 Å². The average molecular weight is 349 g/mol. The fraction of sp³-hybridized carbons (Fsp3) is 0.182. The van der Waals surface area contributed by atoms with Crippen molar-refractivity contribution in [2.45, 2.75) is 46.3 Å². The van der Waals surface area contributed by atoms with Crippen molar-refractivity contribution in [1.29, 1.82) is 0 Å². The van der Waals surface area contributed by atoms with Crippen LogP contribution in [0.2, 0.25) is 0 Å². The van der Waals surface area contributed by atoms with Crippen LogP contribution in [0.15, 0.2) is 80.2 Å². The maximum absolute atomic E-state index is 2.34. The lowest BCUT2D eigenvalue weighted by Crippen LogP contribution is -1.97. The van der Waals surface area contributed by atoms with Gasteiger partial charge in [0, 0.05) is 19.6 Å². The lowest BCUT2D eigenvalue weighted by Gasteiger charge is -2.23. The van der Waals surface area contributed by atoms with E-state index in [9.17, 15) is 0 Å². The van der Waals surface area contributed by atoms with Crippen molar-refractivity contribution in [1.82, 2.24) is 0 Å². The maximum Gasteiger partial charge on any atom is 0.0340 e. The molecule has 0 unspecified atom stereocenters. The molecule has 0 aromatic heterocycles. The summed E-state index contributed by atoms with van der Waals surface area (Å²) in [5.41, 5.74) is 5.50. The van der Waals surface area contributed by atoms with Crippen LogP contribution in [0.4, 0.5) is 0 Å². The van der Waals surface area contributed by atoms with Crippen molar-refractivity contribution >= 4 is 23.5 Å². The molecule has 0 saturated heterocycles. The SMILES string of the molecule is Cc1ccc(C(C)C)c(-c2cccc3c2Sc2ccccc2S3)c1. The molecular weight excluding hydrogens is 328 g/mol. The molecule has 1 aliphatic rings. The molecule has 0 nitrogen and oxygen atoms in total. The highest BCUT2D eigenvalue weighted by Gasteiger charge is 2.21. The lowest BCUT2D eigenvalue weighted by atomic mass is 9.91. The number of benzene rings is 3. The van der Waals surface area contributed by atoms with Gasteiger partial charge in [0.1, 0.15) is 0 Å². The Bertz CT molecular complexity index is 910. The molecule has 120 valence electrons. The van der Waals surface area contributed by atoms with Gasteiger partial charge in [0.25, 0.3) is 0 Å². The molecule has 24 heavy (non-hydrogen) atoms. The van der Waals surface area contributed by atoms with E-state index in [0.29, 0.717) is 5.92 Å². The first-order chi connectivity index (χ1) is 11.6. The number of fused-ring (bicyclic) bond motifs is 2. The van der Waals surface area contributed by atoms with Crippen LogP contribution in [-0.2, 0) is 0 Å². The summed E-state index contributed by atoms with van der Waals surface area (Å²) in [4.78, 5) is 5.49. The molecule has 1 aliphatic heterocycles. The molecule has 3 aromatic carbocycles. The highest BCUT2D eigenvalue weighted by molar-refractivity contribution is 8.05. The molecule has 0 aliphatic carbocycles. The third kappa shape index (κ3) is 2.78. The normalized spacial score (nSPS) is 12.8. The largest absolute Gasteiger partial charge is 0.0877 e. The van der Waals surface area contributed by atoms with E-state index >= 15 is 0 Å². The Labute approximate surface area is 152 Å². The predicted octanol–water partition coefficient (Wildman–Crippen LogP) is 7.40. The Kier molecular flexibility index (Phi) is 4.19. The molecule has 0 N–H and O–H groups in total. The highest BCUT2D eigenvalue weighted by Crippen LogP contribution is 2.52. The number of aryl methyl sites for hydroxylation is 1. The molecule has 0 amide bonds. The minimum Gasteiger partial charge on any atom is -0.0877 e. The van der Waals surface area contributed by atoms with Gasteiger partial charge in [-0.2, -0.15) is 0 Å². The summed E-state index contributed by atoms with van der Waals surface area (Å²) < 4.78 is 0. The molecule has 1 heterocycles. The molecule has 3 aromatic rings. The first kappa shape index (κ1) is 15.9. The first-order valence-corrected chi connectivity index (χ1v) is 9.95. The van der Waals surface area contributed by atoms with Gasteiger partial charge in [-0.15, -0.1) is 0 Å². The molecule has 2 heteroatoms. The Morgan fingerprint density at radius 1 is 0.708 bits per heavy atom. The zero-order valence-corrected chi connectivity index (χ0v) is 15.8. The third-order valence-electron chi connectivity index (χ3n) is 4.38. The van der Waals surface area contributed by atoms with Crippen LogP contribution in [0.25, 0.3) is 11.1 Å². The van der Waals surface area contributed by atoms with Crippen LogP contribution >= 0.6 is 23.5 Å². The summed E-state index contributed by atoms with van der Waals surface area (Å²) in [6, 6.07) is 22.3. The molecule has 0 atom stereocenters. The van der Waals surface area contributed by atoms with Gasteiger partial charge in [-0.05, 0) is 47.7 Å². The van der Waals surface area contributed by atoms with Gasteiger partial charge >= 0.3 is 0 Å². The lowest BCUT2D eigenvalue weighted by molar-refractivity contribution is 0.867. The fourth-order valence-corrected chi connectivity index (χ4v) is 5.56. The van der Waals surface area contributed by atoms with Crippen LogP contribution < -0.4 is 0 Å². The van der Waals surface area contributed by atoms with Gasteiger partial charge in [-0.25, -0.2) is 0 Å². The zero-order valence-electron chi connectivity index (χ0n) is 14.2. The summed E-state index contributed by atoms with van der Waals surface area (Å²) in [6.07, 6.45) is 0. The molecule has 0 bridgehead atoms. The van der Waals surface area contributed by atoms with Gasteiger partial charge < -0.3 is 0 Å². The van der Waals surface area contributed by atoms with Crippen LogP contribution in [0.1, 0.15) is 30.9 Å². The van der Waals surface area contributed by atoms with Crippen molar-refractivity contribution in [3.8, 4) is 11.1 Å². The summed E-state index contributed by atoms with van der Waals surface area (Å²) in [6.45, 7) is 6.74. The Morgan fingerprint density at radius 3 is 2.17 bits per heavy atom. The van der Waals surface area contributed by atoms with E-state index in [1.807, 2.05) is 23.5 Å². The van der Waals surface area contributed by atoms with E-state index < -0.39 is 0 Å². The Balaban J connectivity index is 1.90. The summed E-state index contributed by atoms with van der Waals surface area (Å²) >= 11 is 3.80. The third-order valence-corrected chi connectivity index (χ3v) is 7.00. The van der Waals surface area contributed by atoms with E-state index in [1.54, 1.807) is 0 Å². The number of rotatable bonds is 2. The van der Waals surface area contributed by atoms with Crippen LogP contribution in [0.3, 0.4) is 0 Å². The maximum atomic E-state index is 2.34. The minimum absolute atomic E-state index is 0.519. The second-order valence-corrected chi connectivity index (χ2v) is 8.67. The molecule has 0 fully saturated rings. The van der Waals surface area contributed by atoms with Gasteiger partial charge in [-0.1, -0.05) is 85.4 Å². The number of hydrogen-bond donors (Lipinski definition) is 0. The van der Waals surface area contributed by atoms with Crippen molar-refractivity contribution in [2.24, 2.45) is 0 Å². The molecular formula is C22H20S2. The first-order valence-electron chi connectivity index (χ1n) is 8.32. The molecule has 0 radical (unpaired) electrons. The summed E-state index contributed by atoms with van der Waals surface area (Å²) in [7, 11) is 0. The average Bonchev–Trinajstić information content (AvgIpc) is 2.59. The fourth-order valence-electron chi connectivity index (χ4n) is 3.17. The van der Waals surface area contributed by atoms with E-state index in [-0.39, 0.29) is 0 Å². The topological polar surface area (TPSA) is 0 Å². The smallest absolute Gasteiger partial charge is 0.0340 e.